The van der Waals surface area contributed by atoms with Crippen molar-refractivity contribution in [3.05, 3.63) is 20.8 Å². The Labute approximate surface area is 130 Å². The molecule has 0 spiro atoms. The molecular weight excluding hydrogens is 312 g/mol. The maximum atomic E-state index is 11.9. The molecule has 1 rings (SSSR count). The summed E-state index contributed by atoms with van der Waals surface area (Å²) in [6.45, 7) is -0.823. The van der Waals surface area contributed by atoms with Crippen molar-refractivity contribution in [3.8, 4) is 0 Å². The van der Waals surface area contributed by atoms with Crippen molar-refractivity contribution in [2.45, 2.75) is 24.4 Å². The molecule has 0 bridgehead atoms. The molecule has 0 fully saturated rings. The van der Waals surface area contributed by atoms with Crippen molar-refractivity contribution >= 4 is 17.7 Å². The predicted octanol–water partition coefficient (Wildman–Crippen LogP) is -4.20. The Morgan fingerprint density at radius 1 is 1.13 bits per heavy atom. The van der Waals surface area contributed by atoms with E-state index < -0.39 is 42.3 Å². The third-order valence-electron chi connectivity index (χ3n) is 3.32. The molecule has 0 radical (unpaired) electrons. The molecular formula is C12H20N4O7. The molecule has 0 aliphatic carbocycles. The third kappa shape index (κ3) is 3.83. The zero-order valence-corrected chi connectivity index (χ0v) is 12.6. The van der Waals surface area contributed by atoms with Gasteiger partial charge >= 0.3 is 5.69 Å². The van der Waals surface area contributed by atoms with Crippen molar-refractivity contribution in [1.29, 1.82) is 0 Å². The Bertz CT molecular complexity index is 696. The molecule has 11 nitrogen and oxygen atoms in total. The van der Waals surface area contributed by atoms with Gasteiger partial charge in [-0.3, -0.25) is 13.9 Å². The lowest BCUT2D eigenvalue weighted by atomic mass is 10.0. The first-order valence-electron chi connectivity index (χ1n) is 6.56. The van der Waals surface area contributed by atoms with E-state index in [0.717, 1.165) is 15.3 Å². The number of anilines is 1. The van der Waals surface area contributed by atoms with Crippen LogP contribution in [-0.2, 0) is 14.1 Å². The van der Waals surface area contributed by atoms with Gasteiger partial charge in [0, 0.05) is 20.3 Å². The van der Waals surface area contributed by atoms with E-state index in [1.807, 2.05) is 0 Å². The van der Waals surface area contributed by atoms with Crippen molar-refractivity contribution in [3.63, 3.8) is 0 Å². The summed E-state index contributed by atoms with van der Waals surface area (Å²) in [6, 6.07) is 0. The molecule has 0 saturated heterocycles. The molecule has 11 heteroatoms. The van der Waals surface area contributed by atoms with Gasteiger partial charge in [0.15, 0.2) is 5.69 Å². The molecule has 23 heavy (non-hydrogen) atoms. The number of nitrogens with zero attached hydrogens (tertiary/aromatic N) is 3. The normalized spacial score (nSPS) is 17.2. The van der Waals surface area contributed by atoms with Crippen LogP contribution in [0.25, 0.3) is 0 Å². The minimum absolute atomic E-state index is 0.244. The van der Waals surface area contributed by atoms with Gasteiger partial charge in [0.1, 0.15) is 30.2 Å². The van der Waals surface area contributed by atoms with Crippen LogP contribution >= 0.6 is 0 Å². The Morgan fingerprint density at radius 3 is 2.22 bits per heavy atom. The smallest absolute Gasteiger partial charge is 0.332 e. The maximum Gasteiger partial charge on any atom is 0.332 e. The summed E-state index contributed by atoms with van der Waals surface area (Å²) in [5.41, 5.74) is 3.81. The molecule has 0 saturated carbocycles. The molecule has 130 valence electrons. The van der Waals surface area contributed by atoms with Gasteiger partial charge in [0.05, 0.1) is 6.61 Å². The first-order chi connectivity index (χ1) is 10.6. The SMILES string of the molecule is Cn1c(N)c(N=C[C@H](O)[C@@H](O)[C@H](O)[C@H](O)CO)c(=O)n(C)c1=O. The molecule has 0 aromatic carbocycles. The lowest BCUT2D eigenvalue weighted by Crippen LogP contribution is -2.46. The zero-order chi connectivity index (χ0) is 17.9. The molecule has 7 N–H and O–H groups in total. The highest BCUT2D eigenvalue weighted by atomic mass is 16.4. The topological polar surface area (TPSA) is 184 Å². The Kier molecular flexibility index (Phi) is 6.18. The van der Waals surface area contributed by atoms with Crippen LogP contribution in [0.5, 0.6) is 0 Å². The van der Waals surface area contributed by atoms with E-state index in [0.29, 0.717) is 0 Å². The number of nitrogens with two attached hydrogens (primary N) is 1. The average Bonchev–Trinajstić information content (AvgIpc) is 2.55. The molecule has 1 heterocycles. The van der Waals surface area contributed by atoms with Crippen molar-refractivity contribution in [2.75, 3.05) is 12.3 Å². The van der Waals surface area contributed by atoms with Crippen LogP contribution in [0.15, 0.2) is 14.6 Å². The molecule has 1 aromatic rings. The van der Waals surface area contributed by atoms with Gasteiger partial charge in [-0.25, -0.2) is 9.79 Å². The highest BCUT2D eigenvalue weighted by Gasteiger charge is 2.29. The summed E-state index contributed by atoms with van der Waals surface area (Å²) >= 11 is 0. The van der Waals surface area contributed by atoms with Crippen molar-refractivity contribution in [2.24, 2.45) is 19.1 Å². The summed E-state index contributed by atoms with van der Waals surface area (Å²) in [4.78, 5) is 27.2. The summed E-state index contributed by atoms with van der Waals surface area (Å²) < 4.78 is 1.73. The number of rotatable bonds is 6. The van der Waals surface area contributed by atoms with Gasteiger partial charge in [-0.1, -0.05) is 0 Å². The standard InChI is InChI=1S/C12H20N4O7/c1-15-10(13)7(11(22)16(2)12(15)23)14-3-5(18)8(20)9(21)6(19)4-17/h3,5-6,8-9,17-21H,4,13H2,1-2H3/t5-,6+,8+,9+/m0/s1. The van der Waals surface area contributed by atoms with E-state index in [9.17, 15) is 30.0 Å². The molecule has 0 amide bonds. The van der Waals surface area contributed by atoms with Gasteiger partial charge in [-0.2, -0.15) is 0 Å². The second-order valence-electron chi connectivity index (χ2n) is 4.94. The van der Waals surface area contributed by atoms with Crippen LogP contribution in [0.4, 0.5) is 11.5 Å². The highest BCUT2D eigenvalue weighted by molar-refractivity contribution is 5.71. The number of aromatic nitrogens is 2. The summed E-state index contributed by atoms with van der Waals surface area (Å²) in [5, 5.41) is 46.7. The molecule has 1 aromatic heterocycles. The van der Waals surface area contributed by atoms with Crippen LogP contribution < -0.4 is 17.0 Å². The lowest BCUT2D eigenvalue weighted by molar-refractivity contribution is -0.0999. The molecule has 4 atom stereocenters. The summed E-state index contributed by atoms with van der Waals surface area (Å²) in [5.74, 6) is -0.244. The first kappa shape index (κ1) is 19.0. The highest BCUT2D eigenvalue weighted by Crippen LogP contribution is 2.13. The first-order valence-corrected chi connectivity index (χ1v) is 6.56. The zero-order valence-electron chi connectivity index (χ0n) is 12.6. The Balaban J connectivity index is 3.11. The second kappa shape index (κ2) is 7.48. The summed E-state index contributed by atoms with van der Waals surface area (Å²) in [7, 11) is 2.54. The van der Waals surface area contributed by atoms with Crippen LogP contribution in [0, 0.1) is 0 Å². The van der Waals surface area contributed by atoms with E-state index in [1.54, 1.807) is 0 Å². The van der Waals surface area contributed by atoms with Crippen molar-refractivity contribution < 1.29 is 25.5 Å². The molecule has 0 aliphatic heterocycles. The average molecular weight is 332 g/mol. The van der Waals surface area contributed by atoms with Gasteiger partial charge in [0.2, 0.25) is 0 Å². The number of aliphatic hydroxyl groups is 5. The number of nitrogen functional groups attached to an aromatic ring is 1. The fourth-order valence-electron chi connectivity index (χ4n) is 1.74. The quantitative estimate of drug-likeness (QED) is 0.283. The maximum absolute atomic E-state index is 11.9. The van der Waals surface area contributed by atoms with Crippen LogP contribution in [0.3, 0.4) is 0 Å². The number of aliphatic imine (C=N–C) groups is 1. The third-order valence-corrected chi connectivity index (χ3v) is 3.32. The van der Waals surface area contributed by atoms with Gasteiger partial charge in [-0.15, -0.1) is 0 Å². The largest absolute Gasteiger partial charge is 0.394 e. The Hall–Kier alpha value is -2.05. The van der Waals surface area contributed by atoms with Crippen LogP contribution in [0.2, 0.25) is 0 Å². The van der Waals surface area contributed by atoms with E-state index in [4.69, 9.17) is 10.8 Å². The van der Waals surface area contributed by atoms with Crippen LogP contribution in [0.1, 0.15) is 0 Å². The van der Waals surface area contributed by atoms with Crippen LogP contribution in [-0.4, -0.2) is 71.9 Å². The van der Waals surface area contributed by atoms with Gasteiger partial charge in [0.25, 0.3) is 5.56 Å². The monoisotopic (exact) mass is 332 g/mol. The number of hydrogen-bond donors (Lipinski definition) is 6. The van der Waals surface area contributed by atoms with E-state index in [-0.39, 0.29) is 11.5 Å². The second-order valence-corrected chi connectivity index (χ2v) is 4.94. The van der Waals surface area contributed by atoms with Crippen molar-refractivity contribution in [1.82, 2.24) is 9.13 Å². The lowest BCUT2D eigenvalue weighted by Gasteiger charge is -2.23. The van der Waals surface area contributed by atoms with Gasteiger partial charge in [-0.05, 0) is 0 Å². The van der Waals surface area contributed by atoms with E-state index in [2.05, 4.69) is 4.99 Å². The van der Waals surface area contributed by atoms with E-state index >= 15 is 0 Å². The van der Waals surface area contributed by atoms with Gasteiger partial charge < -0.3 is 31.3 Å². The number of hydrogen-bond acceptors (Lipinski definition) is 9. The minimum Gasteiger partial charge on any atom is -0.394 e. The Morgan fingerprint density at radius 2 is 1.70 bits per heavy atom. The molecule has 0 unspecified atom stereocenters. The number of aliphatic hydroxyl groups excluding tert-OH is 5. The van der Waals surface area contributed by atoms with E-state index in [1.165, 1.54) is 14.1 Å². The summed E-state index contributed by atoms with van der Waals surface area (Å²) in [6.07, 6.45) is -6.38. The fraction of sp³-hybridized carbons (Fsp3) is 0.583. The predicted molar refractivity (Wildman–Crippen MR) is 80.6 cm³/mol. The molecule has 0 aliphatic rings. The minimum atomic E-state index is -1.86. The fourth-order valence-corrected chi connectivity index (χ4v) is 1.74.